The second-order valence-corrected chi connectivity index (χ2v) is 4.64. The predicted molar refractivity (Wildman–Crippen MR) is 68.4 cm³/mol. The standard InChI is InChI=1S/C14H19NO3/c1-18-13-5-3-2-4-11(13)12(16)8-9-14(17)15-10-6-7-10/h2-5,10,12,16H,6-9H2,1H3,(H,15,17). The van der Waals surface area contributed by atoms with Crippen molar-refractivity contribution < 1.29 is 14.6 Å². The lowest BCUT2D eigenvalue weighted by molar-refractivity contribution is -0.121. The summed E-state index contributed by atoms with van der Waals surface area (Å²) in [4.78, 5) is 11.5. The van der Waals surface area contributed by atoms with E-state index < -0.39 is 6.10 Å². The first-order chi connectivity index (χ1) is 8.70. The van der Waals surface area contributed by atoms with E-state index in [0.717, 1.165) is 18.4 Å². The molecule has 1 saturated carbocycles. The Morgan fingerprint density at radius 3 is 2.89 bits per heavy atom. The van der Waals surface area contributed by atoms with Gasteiger partial charge in [-0.1, -0.05) is 18.2 Å². The zero-order valence-electron chi connectivity index (χ0n) is 10.6. The number of aliphatic hydroxyl groups is 1. The summed E-state index contributed by atoms with van der Waals surface area (Å²) < 4.78 is 5.19. The van der Waals surface area contributed by atoms with E-state index in [4.69, 9.17) is 4.74 Å². The molecule has 1 unspecified atom stereocenters. The van der Waals surface area contributed by atoms with Crippen LogP contribution in [0.1, 0.15) is 37.4 Å². The highest BCUT2D eigenvalue weighted by Crippen LogP contribution is 2.27. The van der Waals surface area contributed by atoms with Crippen molar-refractivity contribution >= 4 is 5.91 Å². The topological polar surface area (TPSA) is 58.6 Å². The number of methoxy groups -OCH3 is 1. The number of hydrogen-bond donors (Lipinski definition) is 2. The number of hydrogen-bond acceptors (Lipinski definition) is 3. The summed E-state index contributed by atoms with van der Waals surface area (Å²) in [6, 6.07) is 7.71. The number of amides is 1. The lowest BCUT2D eigenvalue weighted by atomic mass is 10.0. The van der Waals surface area contributed by atoms with Crippen LogP contribution < -0.4 is 10.1 Å². The normalized spacial score (nSPS) is 16.1. The van der Waals surface area contributed by atoms with Gasteiger partial charge in [0.15, 0.2) is 0 Å². The molecule has 1 aromatic carbocycles. The smallest absolute Gasteiger partial charge is 0.220 e. The van der Waals surface area contributed by atoms with Crippen molar-refractivity contribution in [2.75, 3.05) is 7.11 Å². The maximum absolute atomic E-state index is 11.5. The van der Waals surface area contributed by atoms with Crippen LogP contribution in [0.2, 0.25) is 0 Å². The van der Waals surface area contributed by atoms with Crippen molar-refractivity contribution in [1.29, 1.82) is 0 Å². The lowest BCUT2D eigenvalue weighted by Gasteiger charge is -2.14. The molecule has 1 fully saturated rings. The molecule has 0 spiro atoms. The Kier molecular flexibility index (Phi) is 4.20. The Morgan fingerprint density at radius 1 is 1.50 bits per heavy atom. The van der Waals surface area contributed by atoms with Crippen LogP contribution in [0.15, 0.2) is 24.3 Å². The molecule has 1 atom stereocenters. The van der Waals surface area contributed by atoms with Gasteiger partial charge in [0.05, 0.1) is 13.2 Å². The van der Waals surface area contributed by atoms with Crippen LogP contribution >= 0.6 is 0 Å². The SMILES string of the molecule is COc1ccccc1C(O)CCC(=O)NC1CC1. The van der Waals surface area contributed by atoms with E-state index in [-0.39, 0.29) is 5.91 Å². The Labute approximate surface area is 107 Å². The van der Waals surface area contributed by atoms with Crippen molar-refractivity contribution in [1.82, 2.24) is 5.32 Å². The predicted octanol–water partition coefficient (Wildman–Crippen LogP) is 1.79. The first-order valence-corrected chi connectivity index (χ1v) is 6.31. The van der Waals surface area contributed by atoms with Crippen LogP contribution in [0.25, 0.3) is 0 Å². The quantitative estimate of drug-likeness (QED) is 0.808. The van der Waals surface area contributed by atoms with E-state index in [9.17, 15) is 9.90 Å². The number of ether oxygens (including phenoxy) is 1. The maximum atomic E-state index is 11.5. The van der Waals surface area contributed by atoms with Gasteiger partial charge in [-0.05, 0) is 25.3 Å². The fraction of sp³-hybridized carbons (Fsp3) is 0.500. The molecule has 0 bridgehead atoms. The van der Waals surface area contributed by atoms with Gasteiger partial charge in [-0.15, -0.1) is 0 Å². The molecular formula is C14H19NO3. The molecule has 1 aliphatic rings. The average Bonchev–Trinajstić information content (AvgIpc) is 3.19. The van der Waals surface area contributed by atoms with E-state index in [0.29, 0.717) is 24.6 Å². The fourth-order valence-corrected chi connectivity index (χ4v) is 1.89. The second kappa shape index (κ2) is 5.87. The van der Waals surface area contributed by atoms with E-state index in [1.54, 1.807) is 7.11 Å². The summed E-state index contributed by atoms with van der Waals surface area (Å²) in [5, 5.41) is 13.0. The summed E-state index contributed by atoms with van der Waals surface area (Å²) in [6.45, 7) is 0. The summed E-state index contributed by atoms with van der Waals surface area (Å²) in [7, 11) is 1.57. The van der Waals surface area contributed by atoms with Crippen LogP contribution in [0.4, 0.5) is 0 Å². The van der Waals surface area contributed by atoms with Crippen molar-refractivity contribution in [3.05, 3.63) is 29.8 Å². The number of carbonyl (C=O) groups is 1. The highest BCUT2D eigenvalue weighted by molar-refractivity contribution is 5.76. The highest BCUT2D eigenvalue weighted by Gasteiger charge is 2.23. The molecule has 18 heavy (non-hydrogen) atoms. The van der Waals surface area contributed by atoms with E-state index in [2.05, 4.69) is 5.32 Å². The molecule has 0 heterocycles. The Hall–Kier alpha value is -1.55. The second-order valence-electron chi connectivity index (χ2n) is 4.64. The molecule has 0 saturated heterocycles. The van der Waals surface area contributed by atoms with Crippen LogP contribution in [0.5, 0.6) is 5.75 Å². The van der Waals surface area contributed by atoms with Crippen molar-refractivity contribution in [3.63, 3.8) is 0 Å². The largest absolute Gasteiger partial charge is 0.496 e. The minimum atomic E-state index is -0.661. The average molecular weight is 249 g/mol. The molecule has 2 rings (SSSR count). The number of nitrogens with one attached hydrogen (secondary N) is 1. The number of rotatable bonds is 6. The van der Waals surface area contributed by atoms with Gasteiger partial charge < -0.3 is 15.2 Å². The Balaban J connectivity index is 1.86. The minimum absolute atomic E-state index is 0.0199. The number of aliphatic hydroxyl groups excluding tert-OH is 1. The first-order valence-electron chi connectivity index (χ1n) is 6.31. The van der Waals surface area contributed by atoms with Crippen molar-refractivity contribution in [2.24, 2.45) is 0 Å². The minimum Gasteiger partial charge on any atom is -0.496 e. The first kappa shape index (κ1) is 12.9. The number of benzene rings is 1. The Bertz CT molecular complexity index is 415. The van der Waals surface area contributed by atoms with Gasteiger partial charge in [-0.3, -0.25) is 4.79 Å². The molecule has 4 nitrogen and oxygen atoms in total. The maximum Gasteiger partial charge on any atom is 0.220 e. The van der Waals surface area contributed by atoms with Gasteiger partial charge in [0.1, 0.15) is 5.75 Å². The molecule has 1 aromatic rings. The third-order valence-electron chi connectivity index (χ3n) is 3.09. The third kappa shape index (κ3) is 3.47. The fourth-order valence-electron chi connectivity index (χ4n) is 1.89. The van der Waals surface area contributed by atoms with Crippen LogP contribution in [0.3, 0.4) is 0 Å². The van der Waals surface area contributed by atoms with Crippen molar-refractivity contribution in [2.45, 2.75) is 37.8 Å². The summed E-state index contributed by atoms with van der Waals surface area (Å²) in [5.74, 6) is 0.680. The molecule has 1 amide bonds. The van der Waals surface area contributed by atoms with E-state index in [1.807, 2.05) is 24.3 Å². The molecular weight excluding hydrogens is 230 g/mol. The molecule has 98 valence electrons. The highest BCUT2D eigenvalue weighted by atomic mass is 16.5. The van der Waals surface area contributed by atoms with Gasteiger partial charge in [0, 0.05) is 18.0 Å². The summed E-state index contributed by atoms with van der Waals surface area (Å²) in [6.07, 6.45) is 2.27. The summed E-state index contributed by atoms with van der Waals surface area (Å²) >= 11 is 0. The number of para-hydroxylation sites is 1. The zero-order valence-corrected chi connectivity index (χ0v) is 10.6. The zero-order chi connectivity index (χ0) is 13.0. The van der Waals surface area contributed by atoms with E-state index in [1.165, 1.54) is 0 Å². The van der Waals surface area contributed by atoms with Crippen LogP contribution in [-0.4, -0.2) is 24.2 Å². The summed E-state index contributed by atoms with van der Waals surface area (Å²) in [5.41, 5.74) is 0.735. The van der Waals surface area contributed by atoms with Gasteiger partial charge in [0.25, 0.3) is 0 Å². The van der Waals surface area contributed by atoms with Gasteiger partial charge in [-0.25, -0.2) is 0 Å². The molecule has 0 aromatic heterocycles. The van der Waals surface area contributed by atoms with Gasteiger partial charge in [-0.2, -0.15) is 0 Å². The van der Waals surface area contributed by atoms with Crippen LogP contribution in [-0.2, 0) is 4.79 Å². The third-order valence-corrected chi connectivity index (χ3v) is 3.09. The lowest BCUT2D eigenvalue weighted by Crippen LogP contribution is -2.25. The molecule has 0 aliphatic heterocycles. The van der Waals surface area contributed by atoms with Crippen LogP contribution in [0, 0.1) is 0 Å². The van der Waals surface area contributed by atoms with Gasteiger partial charge >= 0.3 is 0 Å². The Morgan fingerprint density at radius 2 is 2.22 bits per heavy atom. The van der Waals surface area contributed by atoms with Crippen molar-refractivity contribution in [3.8, 4) is 5.75 Å². The molecule has 0 radical (unpaired) electrons. The molecule has 2 N–H and O–H groups in total. The van der Waals surface area contributed by atoms with Gasteiger partial charge in [0.2, 0.25) is 5.91 Å². The molecule has 1 aliphatic carbocycles. The molecule has 4 heteroatoms. The monoisotopic (exact) mass is 249 g/mol. The van der Waals surface area contributed by atoms with E-state index >= 15 is 0 Å². The number of carbonyl (C=O) groups excluding carboxylic acids is 1.